The van der Waals surface area contributed by atoms with Gasteiger partial charge in [-0.2, -0.15) is 5.26 Å². The monoisotopic (exact) mass is 313 g/mol. The zero-order valence-electron chi connectivity index (χ0n) is 11.1. The second-order valence-electron chi connectivity index (χ2n) is 4.68. The number of hydrogen-bond donors (Lipinski definition) is 0. The van der Waals surface area contributed by atoms with Gasteiger partial charge in [-0.3, -0.25) is 9.69 Å². The number of amides is 1. The minimum Gasteiger partial charge on any atom is -0.345 e. The van der Waals surface area contributed by atoms with Crippen molar-refractivity contribution in [2.75, 3.05) is 33.2 Å². The van der Waals surface area contributed by atoms with Gasteiger partial charge < -0.3 is 4.90 Å². The van der Waals surface area contributed by atoms with Crippen molar-refractivity contribution in [3.05, 3.63) is 10.1 Å². The lowest BCUT2D eigenvalue weighted by molar-refractivity contribution is -0.130. The second-order valence-corrected chi connectivity index (χ2v) is 5.64. The highest BCUT2D eigenvalue weighted by Gasteiger charge is 2.16. The Kier molecular flexibility index (Phi) is 6.37. The van der Waals surface area contributed by atoms with E-state index in [0.717, 1.165) is 26.1 Å². The SMILES string of the molecule is CC1=C(Br)CN(CCC(=O)N(C)CCC#N)CC1. The number of carbonyl (C=O) groups is 1. The fourth-order valence-electron chi connectivity index (χ4n) is 1.85. The minimum atomic E-state index is 0.118. The number of hydrogen-bond acceptors (Lipinski definition) is 3. The van der Waals surface area contributed by atoms with Gasteiger partial charge in [0, 0.05) is 44.1 Å². The molecule has 0 bridgehead atoms. The van der Waals surface area contributed by atoms with Gasteiger partial charge in [0.2, 0.25) is 5.91 Å². The van der Waals surface area contributed by atoms with Crippen molar-refractivity contribution in [2.24, 2.45) is 0 Å². The van der Waals surface area contributed by atoms with E-state index in [1.165, 1.54) is 10.1 Å². The van der Waals surface area contributed by atoms with Gasteiger partial charge >= 0.3 is 0 Å². The Morgan fingerprint density at radius 2 is 2.33 bits per heavy atom. The predicted octanol–water partition coefficient (Wildman–Crippen LogP) is 2.12. The maximum absolute atomic E-state index is 11.8. The van der Waals surface area contributed by atoms with Gasteiger partial charge in [-0.05, 0) is 13.3 Å². The summed E-state index contributed by atoms with van der Waals surface area (Å²) in [5.74, 6) is 0.118. The molecule has 0 saturated heterocycles. The third-order valence-electron chi connectivity index (χ3n) is 3.26. The number of nitrogens with zero attached hydrogens (tertiary/aromatic N) is 3. The molecular weight excluding hydrogens is 294 g/mol. The molecule has 5 heteroatoms. The van der Waals surface area contributed by atoms with Crippen LogP contribution < -0.4 is 0 Å². The van der Waals surface area contributed by atoms with Gasteiger partial charge in [0.25, 0.3) is 0 Å². The summed E-state index contributed by atoms with van der Waals surface area (Å²) in [5, 5.41) is 8.48. The Morgan fingerprint density at radius 1 is 1.61 bits per heavy atom. The summed E-state index contributed by atoms with van der Waals surface area (Å²) in [6.07, 6.45) is 2.00. The molecule has 0 N–H and O–H groups in total. The standard InChI is InChI=1S/C13H20BrN3O/c1-11-4-8-17(10-12(11)14)9-5-13(18)16(2)7-3-6-15/h3-5,7-10H2,1-2H3. The van der Waals surface area contributed by atoms with Crippen molar-refractivity contribution in [3.63, 3.8) is 0 Å². The third-order valence-corrected chi connectivity index (χ3v) is 4.18. The molecule has 0 saturated carbocycles. The maximum atomic E-state index is 11.8. The summed E-state index contributed by atoms with van der Waals surface area (Å²) >= 11 is 3.57. The van der Waals surface area contributed by atoms with Gasteiger partial charge in [-0.25, -0.2) is 0 Å². The zero-order chi connectivity index (χ0) is 13.5. The number of nitriles is 1. The molecule has 4 nitrogen and oxygen atoms in total. The minimum absolute atomic E-state index is 0.118. The van der Waals surface area contributed by atoms with Crippen LogP contribution in [-0.4, -0.2) is 48.9 Å². The fourth-order valence-corrected chi connectivity index (χ4v) is 2.40. The summed E-state index contributed by atoms with van der Waals surface area (Å²) in [6, 6.07) is 2.05. The predicted molar refractivity (Wildman–Crippen MR) is 75.2 cm³/mol. The summed E-state index contributed by atoms with van der Waals surface area (Å²) in [5.41, 5.74) is 1.41. The van der Waals surface area contributed by atoms with Gasteiger partial charge in [-0.1, -0.05) is 21.5 Å². The van der Waals surface area contributed by atoms with Gasteiger partial charge in [0.15, 0.2) is 0 Å². The maximum Gasteiger partial charge on any atom is 0.223 e. The van der Waals surface area contributed by atoms with Crippen LogP contribution in [0.25, 0.3) is 0 Å². The average Bonchev–Trinajstić information content (AvgIpc) is 2.36. The van der Waals surface area contributed by atoms with E-state index in [4.69, 9.17) is 5.26 Å². The van der Waals surface area contributed by atoms with E-state index < -0.39 is 0 Å². The van der Waals surface area contributed by atoms with Crippen molar-refractivity contribution >= 4 is 21.8 Å². The van der Waals surface area contributed by atoms with Crippen LogP contribution in [0.5, 0.6) is 0 Å². The quantitative estimate of drug-likeness (QED) is 0.781. The summed E-state index contributed by atoms with van der Waals surface area (Å²) < 4.78 is 1.25. The van der Waals surface area contributed by atoms with Crippen LogP contribution in [0.4, 0.5) is 0 Å². The molecule has 1 rings (SSSR count). The van der Waals surface area contributed by atoms with Gasteiger partial charge in [-0.15, -0.1) is 0 Å². The molecule has 0 aromatic carbocycles. The Balaban J connectivity index is 2.29. The van der Waals surface area contributed by atoms with Crippen LogP contribution in [0.2, 0.25) is 0 Å². The van der Waals surface area contributed by atoms with Crippen molar-refractivity contribution in [2.45, 2.75) is 26.2 Å². The van der Waals surface area contributed by atoms with Crippen molar-refractivity contribution in [1.29, 1.82) is 5.26 Å². The largest absolute Gasteiger partial charge is 0.345 e. The first-order chi connectivity index (χ1) is 8.54. The molecule has 0 unspecified atom stereocenters. The molecule has 100 valence electrons. The molecule has 0 atom stereocenters. The molecule has 1 amide bonds. The van der Waals surface area contributed by atoms with Crippen molar-refractivity contribution in [3.8, 4) is 6.07 Å². The lowest BCUT2D eigenvalue weighted by Gasteiger charge is -2.28. The summed E-state index contributed by atoms with van der Waals surface area (Å²) in [6.45, 7) is 5.38. The molecule has 1 aliphatic heterocycles. The van der Waals surface area contributed by atoms with Crippen LogP contribution in [-0.2, 0) is 4.79 Å². The normalized spacial score (nSPS) is 16.6. The lowest BCUT2D eigenvalue weighted by atomic mass is 10.1. The van der Waals surface area contributed by atoms with Crippen LogP contribution >= 0.6 is 15.9 Å². The van der Waals surface area contributed by atoms with E-state index >= 15 is 0 Å². The Bertz CT molecular complexity index is 373. The summed E-state index contributed by atoms with van der Waals surface area (Å²) in [7, 11) is 1.76. The molecule has 0 spiro atoms. The molecule has 0 aliphatic carbocycles. The number of halogens is 1. The van der Waals surface area contributed by atoms with Crippen LogP contribution in [0, 0.1) is 11.3 Å². The van der Waals surface area contributed by atoms with E-state index in [1.54, 1.807) is 11.9 Å². The van der Waals surface area contributed by atoms with E-state index in [9.17, 15) is 4.79 Å². The Labute approximate surface area is 117 Å². The second kappa shape index (κ2) is 7.55. The van der Waals surface area contributed by atoms with E-state index in [1.807, 2.05) is 0 Å². The Hall–Kier alpha value is -0.860. The molecule has 18 heavy (non-hydrogen) atoms. The molecule has 0 radical (unpaired) electrons. The summed E-state index contributed by atoms with van der Waals surface area (Å²) in [4.78, 5) is 15.7. The first-order valence-corrected chi connectivity index (χ1v) is 7.01. The first kappa shape index (κ1) is 15.2. The van der Waals surface area contributed by atoms with Crippen LogP contribution in [0.3, 0.4) is 0 Å². The highest BCUT2D eigenvalue weighted by molar-refractivity contribution is 9.11. The fraction of sp³-hybridized carbons (Fsp3) is 0.692. The molecule has 0 aromatic rings. The van der Waals surface area contributed by atoms with Gasteiger partial charge in [0.1, 0.15) is 0 Å². The van der Waals surface area contributed by atoms with Crippen LogP contribution in [0.15, 0.2) is 10.1 Å². The van der Waals surface area contributed by atoms with Gasteiger partial charge in [0.05, 0.1) is 12.5 Å². The highest BCUT2D eigenvalue weighted by Crippen LogP contribution is 2.21. The van der Waals surface area contributed by atoms with E-state index in [0.29, 0.717) is 19.4 Å². The third kappa shape index (κ3) is 4.79. The highest BCUT2D eigenvalue weighted by atomic mass is 79.9. The lowest BCUT2D eigenvalue weighted by Crippen LogP contribution is -2.35. The topological polar surface area (TPSA) is 47.3 Å². The molecule has 0 fully saturated rings. The van der Waals surface area contributed by atoms with Crippen LogP contribution in [0.1, 0.15) is 26.2 Å². The average molecular weight is 314 g/mol. The van der Waals surface area contributed by atoms with E-state index in [-0.39, 0.29) is 5.91 Å². The number of rotatable bonds is 5. The molecule has 1 heterocycles. The van der Waals surface area contributed by atoms with Crippen molar-refractivity contribution < 1.29 is 4.79 Å². The molecular formula is C13H20BrN3O. The smallest absolute Gasteiger partial charge is 0.223 e. The van der Waals surface area contributed by atoms with E-state index in [2.05, 4.69) is 33.8 Å². The first-order valence-electron chi connectivity index (χ1n) is 6.22. The van der Waals surface area contributed by atoms with Crippen molar-refractivity contribution in [1.82, 2.24) is 9.80 Å². The zero-order valence-corrected chi connectivity index (χ0v) is 12.7. The number of carbonyl (C=O) groups excluding carboxylic acids is 1. The molecule has 0 aromatic heterocycles. The molecule has 1 aliphatic rings. The Morgan fingerprint density at radius 3 is 2.94 bits per heavy atom.